The Morgan fingerprint density at radius 2 is 1.96 bits per heavy atom. The van der Waals surface area contributed by atoms with Gasteiger partial charge in [0.2, 0.25) is 0 Å². The van der Waals surface area contributed by atoms with E-state index in [4.69, 9.17) is 9.47 Å². The van der Waals surface area contributed by atoms with Crippen LogP contribution in [0.25, 0.3) is 0 Å². The summed E-state index contributed by atoms with van der Waals surface area (Å²) in [5, 5.41) is 2.84. The predicted octanol–water partition coefficient (Wildman–Crippen LogP) is 3.34. The van der Waals surface area contributed by atoms with Gasteiger partial charge in [0.15, 0.2) is 6.61 Å². The number of alkyl carbamates (subject to hydrolysis) is 1. The zero-order chi connectivity index (χ0) is 18.4. The van der Waals surface area contributed by atoms with Crippen molar-refractivity contribution in [2.24, 2.45) is 0 Å². The average Bonchev–Trinajstić information content (AvgIpc) is 2.52. The molecule has 2 amide bonds. The lowest BCUT2D eigenvalue weighted by Crippen LogP contribution is -2.51. The largest absolute Gasteiger partial charge is 0.484 e. The van der Waals surface area contributed by atoms with E-state index in [2.05, 4.69) is 21.2 Å². The number of likely N-dealkylation sites (tertiary alicyclic amines) is 1. The summed E-state index contributed by atoms with van der Waals surface area (Å²) in [6.45, 7) is 6.60. The van der Waals surface area contributed by atoms with Gasteiger partial charge in [-0.2, -0.15) is 0 Å². The summed E-state index contributed by atoms with van der Waals surface area (Å²) in [4.78, 5) is 25.9. The molecule has 0 radical (unpaired) electrons. The van der Waals surface area contributed by atoms with E-state index in [1.807, 2.05) is 32.9 Å². The maximum Gasteiger partial charge on any atom is 0.407 e. The van der Waals surface area contributed by atoms with E-state index in [-0.39, 0.29) is 18.6 Å². The first kappa shape index (κ1) is 19.6. The van der Waals surface area contributed by atoms with Crippen molar-refractivity contribution in [3.8, 4) is 5.75 Å². The predicted molar refractivity (Wildman–Crippen MR) is 98.6 cm³/mol. The minimum Gasteiger partial charge on any atom is -0.484 e. The first-order chi connectivity index (χ1) is 11.7. The molecule has 0 unspecified atom stereocenters. The van der Waals surface area contributed by atoms with Crippen LogP contribution in [-0.4, -0.2) is 48.2 Å². The van der Waals surface area contributed by atoms with Gasteiger partial charge in [-0.05, 0) is 57.9 Å². The zero-order valence-electron chi connectivity index (χ0n) is 14.9. The third kappa shape index (κ3) is 6.94. The summed E-state index contributed by atoms with van der Waals surface area (Å²) in [6, 6.07) is 7.24. The smallest absolute Gasteiger partial charge is 0.407 e. The van der Waals surface area contributed by atoms with Gasteiger partial charge in [-0.1, -0.05) is 15.9 Å². The van der Waals surface area contributed by atoms with Gasteiger partial charge in [0.05, 0.1) is 0 Å². The van der Waals surface area contributed by atoms with E-state index in [1.54, 1.807) is 17.0 Å². The molecule has 0 spiro atoms. The second-order valence-electron chi connectivity index (χ2n) is 7.07. The summed E-state index contributed by atoms with van der Waals surface area (Å²) >= 11 is 3.36. The van der Waals surface area contributed by atoms with Crippen LogP contribution in [0.2, 0.25) is 0 Å². The Morgan fingerprint density at radius 3 is 2.60 bits per heavy atom. The molecule has 0 saturated carbocycles. The van der Waals surface area contributed by atoms with Crippen molar-refractivity contribution in [2.45, 2.75) is 45.3 Å². The molecule has 1 saturated heterocycles. The molecule has 0 aromatic heterocycles. The van der Waals surface area contributed by atoms with Crippen LogP contribution in [0, 0.1) is 0 Å². The second-order valence-corrected chi connectivity index (χ2v) is 7.98. The zero-order valence-corrected chi connectivity index (χ0v) is 16.5. The van der Waals surface area contributed by atoms with E-state index in [0.29, 0.717) is 18.8 Å². The quantitative estimate of drug-likeness (QED) is 0.822. The monoisotopic (exact) mass is 412 g/mol. The number of carbonyl (C=O) groups excluding carboxylic acids is 2. The summed E-state index contributed by atoms with van der Waals surface area (Å²) < 4.78 is 11.8. The molecule has 1 aliphatic rings. The number of halogens is 1. The van der Waals surface area contributed by atoms with Gasteiger partial charge in [0, 0.05) is 23.6 Å². The van der Waals surface area contributed by atoms with E-state index in [1.165, 1.54) is 0 Å². The Balaban J connectivity index is 1.80. The number of ether oxygens (including phenoxy) is 2. The molecule has 1 atom stereocenters. The SMILES string of the molecule is CC(C)(C)OC(=O)N[C@@H]1CCCN(C(=O)COc2ccc(Br)cc2)C1. The number of hydrogen-bond acceptors (Lipinski definition) is 4. The molecule has 1 aromatic rings. The van der Waals surface area contributed by atoms with Gasteiger partial charge in [-0.3, -0.25) is 4.79 Å². The van der Waals surface area contributed by atoms with Crippen molar-refractivity contribution < 1.29 is 19.1 Å². The van der Waals surface area contributed by atoms with Gasteiger partial charge >= 0.3 is 6.09 Å². The van der Waals surface area contributed by atoms with Crippen molar-refractivity contribution >= 4 is 27.9 Å². The highest BCUT2D eigenvalue weighted by Gasteiger charge is 2.26. The minimum atomic E-state index is -0.535. The third-order valence-electron chi connectivity index (χ3n) is 3.67. The van der Waals surface area contributed by atoms with Crippen molar-refractivity contribution in [3.63, 3.8) is 0 Å². The standard InChI is InChI=1S/C18H25BrN2O4/c1-18(2,3)25-17(23)20-14-5-4-10-21(11-14)16(22)12-24-15-8-6-13(19)7-9-15/h6-9,14H,4-5,10-12H2,1-3H3,(H,20,23)/t14-/m1/s1. The van der Waals surface area contributed by atoms with Gasteiger partial charge in [0.25, 0.3) is 5.91 Å². The lowest BCUT2D eigenvalue weighted by Gasteiger charge is -2.33. The summed E-state index contributed by atoms with van der Waals surface area (Å²) in [5.74, 6) is 0.565. The lowest BCUT2D eigenvalue weighted by atomic mass is 10.1. The van der Waals surface area contributed by atoms with E-state index in [0.717, 1.165) is 17.3 Å². The third-order valence-corrected chi connectivity index (χ3v) is 4.20. The number of amides is 2. The average molecular weight is 413 g/mol. The molecule has 0 aliphatic carbocycles. The van der Waals surface area contributed by atoms with Crippen LogP contribution in [0.15, 0.2) is 28.7 Å². The van der Waals surface area contributed by atoms with Gasteiger partial charge < -0.3 is 19.7 Å². The number of piperidine rings is 1. The molecule has 1 aliphatic heterocycles. The van der Waals surface area contributed by atoms with Crippen LogP contribution in [-0.2, 0) is 9.53 Å². The molecular formula is C18H25BrN2O4. The summed E-state index contributed by atoms with van der Waals surface area (Å²) in [7, 11) is 0. The number of hydrogen-bond donors (Lipinski definition) is 1. The van der Waals surface area contributed by atoms with Crippen LogP contribution >= 0.6 is 15.9 Å². The highest BCUT2D eigenvalue weighted by atomic mass is 79.9. The normalized spacial score (nSPS) is 17.8. The van der Waals surface area contributed by atoms with Gasteiger partial charge in [0.1, 0.15) is 11.4 Å². The second kappa shape index (κ2) is 8.56. The number of carbonyl (C=O) groups is 2. The van der Waals surface area contributed by atoms with Crippen molar-refractivity contribution in [1.82, 2.24) is 10.2 Å². The Hall–Kier alpha value is -1.76. The molecule has 0 bridgehead atoms. The van der Waals surface area contributed by atoms with E-state index in [9.17, 15) is 9.59 Å². The van der Waals surface area contributed by atoms with Crippen molar-refractivity contribution in [2.75, 3.05) is 19.7 Å². The van der Waals surface area contributed by atoms with Crippen molar-refractivity contribution in [3.05, 3.63) is 28.7 Å². The molecule has 6 nitrogen and oxygen atoms in total. The molecular weight excluding hydrogens is 388 g/mol. The molecule has 1 heterocycles. The minimum absolute atomic E-state index is 0.0131. The molecule has 1 aromatic carbocycles. The summed E-state index contributed by atoms with van der Waals surface area (Å²) in [5.41, 5.74) is -0.535. The van der Waals surface area contributed by atoms with Gasteiger partial charge in [-0.25, -0.2) is 4.79 Å². The van der Waals surface area contributed by atoms with Crippen molar-refractivity contribution in [1.29, 1.82) is 0 Å². The number of rotatable bonds is 4. The molecule has 25 heavy (non-hydrogen) atoms. The number of benzene rings is 1. The Morgan fingerprint density at radius 1 is 1.28 bits per heavy atom. The molecule has 1 N–H and O–H groups in total. The van der Waals surface area contributed by atoms with Crippen LogP contribution in [0.1, 0.15) is 33.6 Å². The highest BCUT2D eigenvalue weighted by molar-refractivity contribution is 9.10. The van der Waals surface area contributed by atoms with Crippen LogP contribution in [0.5, 0.6) is 5.75 Å². The molecule has 138 valence electrons. The Kier molecular flexibility index (Phi) is 6.70. The first-order valence-electron chi connectivity index (χ1n) is 8.38. The van der Waals surface area contributed by atoms with Gasteiger partial charge in [-0.15, -0.1) is 0 Å². The Labute approximate surface area is 157 Å². The van der Waals surface area contributed by atoms with E-state index < -0.39 is 11.7 Å². The first-order valence-corrected chi connectivity index (χ1v) is 9.18. The highest BCUT2D eigenvalue weighted by Crippen LogP contribution is 2.17. The number of nitrogens with one attached hydrogen (secondary N) is 1. The molecule has 1 fully saturated rings. The van der Waals surface area contributed by atoms with Crippen LogP contribution in [0.4, 0.5) is 4.79 Å². The lowest BCUT2D eigenvalue weighted by molar-refractivity contribution is -0.134. The number of nitrogens with zero attached hydrogens (tertiary/aromatic N) is 1. The maximum absolute atomic E-state index is 12.3. The fraction of sp³-hybridized carbons (Fsp3) is 0.556. The topological polar surface area (TPSA) is 67.9 Å². The molecule has 2 rings (SSSR count). The van der Waals surface area contributed by atoms with Crippen LogP contribution < -0.4 is 10.1 Å². The maximum atomic E-state index is 12.3. The molecule has 7 heteroatoms. The Bertz CT molecular complexity index is 598. The van der Waals surface area contributed by atoms with E-state index >= 15 is 0 Å². The fourth-order valence-corrected chi connectivity index (χ4v) is 2.83. The van der Waals surface area contributed by atoms with Crippen LogP contribution in [0.3, 0.4) is 0 Å². The fourth-order valence-electron chi connectivity index (χ4n) is 2.56. The summed E-state index contributed by atoms with van der Waals surface area (Å²) in [6.07, 6.45) is 1.22.